The van der Waals surface area contributed by atoms with Crippen LogP contribution in [0.1, 0.15) is 79.1 Å². The zero-order chi connectivity index (χ0) is 22.1. The summed E-state index contributed by atoms with van der Waals surface area (Å²) >= 11 is 0. The van der Waals surface area contributed by atoms with Crippen LogP contribution in [-0.2, 0) is 4.79 Å². The molecule has 4 fully saturated rings. The van der Waals surface area contributed by atoms with Crippen molar-refractivity contribution in [2.75, 3.05) is 6.54 Å². The predicted molar refractivity (Wildman–Crippen MR) is 122 cm³/mol. The number of nitrogens with one attached hydrogen (secondary N) is 1. The van der Waals surface area contributed by atoms with Crippen LogP contribution in [0.3, 0.4) is 0 Å². The predicted octanol–water partition coefficient (Wildman–Crippen LogP) is 4.10. The summed E-state index contributed by atoms with van der Waals surface area (Å²) in [6, 6.07) is 0.195. The second-order valence-corrected chi connectivity index (χ2v) is 12.3. The molecule has 1 heterocycles. The summed E-state index contributed by atoms with van der Waals surface area (Å²) in [5, 5.41) is 24.7. The highest BCUT2D eigenvalue weighted by atomic mass is 16.3. The molecule has 1 aliphatic heterocycles. The van der Waals surface area contributed by atoms with Crippen molar-refractivity contribution in [3.8, 4) is 0 Å². The van der Waals surface area contributed by atoms with Crippen LogP contribution in [0.15, 0.2) is 11.1 Å². The Morgan fingerprint density at radius 3 is 2.65 bits per heavy atom. The van der Waals surface area contributed by atoms with Crippen LogP contribution in [0.5, 0.6) is 0 Å². The SMILES string of the molecule is CC1=C2CC3C(CC(=O)C4CC(O)CCC43C)C2CCC1C(C)C1NCC(C)CC1O. The Hall–Kier alpha value is -0.710. The number of carbonyl (C=O) groups is 1. The lowest BCUT2D eigenvalue weighted by Gasteiger charge is -2.52. The molecule has 0 radical (unpaired) electrons. The molecule has 0 spiro atoms. The molecule has 4 heteroatoms. The van der Waals surface area contributed by atoms with Gasteiger partial charge < -0.3 is 15.5 Å². The number of ketones is 1. The summed E-state index contributed by atoms with van der Waals surface area (Å²) in [7, 11) is 0. The molecule has 174 valence electrons. The molecule has 0 aromatic rings. The van der Waals surface area contributed by atoms with E-state index < -0.39 is 0 Å². The molecule has 5 aliphatic rings. The highest BCUT2D eigenvalue weighted by Crippen LogP contribution is 2.64. The van der Waals surface area contributed by atoms with E-state index in [0.717, 1.165) is 32.2 Å². The summed E-state index contributed by atoms with van der Waals surface area (Å²) in [6.45, 7) is 10.3. The first-order valence-electron chi connectivity index (χ1n) is 13.0. The third-order valence-corrected chi connectivity index (χ3v) is 10.7. The smallest absolute Gasteiger partial charge is 0.136 e. The standard InChI is InChI=1S/C27H43NO3/c1-14-9-25(31)26(28-13-14)16(3)18-5-6-19-20(15(18)2)11-22-21(19)12-24(30)23-10-17(29)7-8-27(22,23)4/h14,16-19,21-23,25-26,28-29,31H,5-13H2,1-4H3. The molecule has 5 rings (SSSR count). The lowest BCUT2D eigenvalue weighted by molar-refractivity contribution is -0.145. The Morgan fingerprint density at radius 2 is 1.90 bits per heavy atom. The normalized spacial score (nSPS) is 51.2. The first kappa shape index (κ1) is 22.1. The van der Waals surface area contributed by atoms with Crippen LogP contribution in [0.4, 0.5) is 0 Å². The van der Waals surface area contributed by atoms with Crippen LogP contribution in [0.25, 0.3) is 0 Å². The molecule has 1 saturated heterocycles. The van der Waals surface area contributed by atoms with Crippen LogP contribution in [0.2, 0.25) is 0 Å². The fourth-order valence-electron chi connectivity index (χ4n) is 8.93. The van der Waals surface area contributed by atoms with Crippen molar-refractivity contribution in [2.45, 2.75) is 97.3 Å². The van der Waals surface area contributed by atoms with Crippen molar-refractivity contribution in [3.63, 3.8) is 0 Å². The van der Waals surface area contributed by atoms with Crippen LogP contribution < -0.4 is 5.32 Å². The van der Waals surface area contributed by atoms with Gasteiger partial charge in [0.05, 0.1) is 12.2 Å². The maximum Gasteiger partial charge on any atom is 0.136 e. The van der Waals surface area contributed by atoms with Crippen molar-refractivity contribution in [1.29, 1.82) is 0 Å². The van der Waals surface area contributed by atoms with Crippen LogP contribution >= 0.6 is 0 Å². The van der Waals surface area contributed by atoms with Crippen LogP contribution in [-0.4, -0.2) is 40.8 Å². The van der Waals surface area contributed by atoms with E-state index in [1.807, 2.05) is 0 Å². The quantitative estimate of drug-likeness (QED) is 0.578. The molecule has 0 aromatic heterocycles. The van der Waals surface area contributed by atoms with E-state index in [4.69, 9.17) is 0 Å². The maximum absolute atomic E-state index is 13.2. The minimum atomic E-state index is -0.287. The number of Topliss-reactive ketones (excluding diaryl/α,β-unsaturated/α-hetero) is 1. The van der Waals surface area contributed by atoms with Crippen LogP contribution in [0, 0.1) is 46.8 Å². The second kappa shape index (κ2) is 7.95. The molecule has 0 bridgehead atoms. The Kier molecular flexibility index (Phi) is 5.67. The van der Waals surface area contributed by atoms with Crippen molar-refractivity contribution < 1.29 is 15.0 Å². The molecule has 0 aromatic carbocycles. The lowest BCUT2D eigenvalue weighted by atomic mass is 9.51. The number of piperidine rings is 1. The molecule has 31 heavy (non-hydrogen) atoms. The van der Waals surface area contributed by atoms with Crippen molar-refractivity contribution in [1.82, 2.24) is 5.32 Å². The minimum Gasteiger partial charge on any atom is -0.393 e. The number of allylic oxidation sites excluding steroid dienone is 2. The molecule has 3 N–H and O–H groups in total. The topological polar surface area (TPSA) is 69.6 Å². The van der Waals surface area contributed by atoms with E-state index in [9.17, 15) is 15.0 Å². The van der Waals surface area contributed by atoms with E-state index in [2.05, 4.69) is 33.0 Å². The zero-order valence-electron chi connectivity index (χ0n) is 19.9. The van der Waals surface area contributed by atoms with E-state index in [1.54, 1.807) is 11.1 Å². The summed E-state index contributed by atoms with van der Waals surface area (Å²) in [4.78, 5) is 13.2. The average molecular weight is 430 g/mol. The third-order valence-electron chi connectivity index (χ3n) is 10.7. The Bertz CT molecular complexity index is 762. The van der Waals surface area contributed by atoms with Gasteiger partial charge in [0.25, 0.3) is 0 Å². The Morgan fingerprint density at radius 1 is 1.13 bits per heavy atom. The fraction of sp³-hybridized carbons (Fsp3) is 0.889. The molecule has 3 saturated carbocycles. The van der Waals surface area contributed by atoms with E-state index in [-0.39, 0.29) is 29.6 Å². The fourth-order valence-corrected chi connectivity index (χ4v) is 8.93. The van der Waals surface area contributed by atoms with Gasteiger partial charge in [-0.1, -0.05) is 31.9 Å². The van der Waals surface area contributed by atoms with Gasteiger partial charge in [-0.15, -0.1) is 0 Å². The summed E-state index contributed by atoms with van der Waals surface area (Å²) in [5.74, 6) is 3.73. The Labute approximate surface area is 188 Å². The molecule has 0 amide bonds. The molecular formula is C27H43NO3. The van der Waals surface area contributed by atoms with Gasteiger partial charge in [-0.25, -0.2) is 0 Å². The number of aliphatic hydroxyl groups is 2. The molecular weight excluding hydrogens is 386 g/mol. The molecule has 4 nitrogen and oxygen atoms in total. The van der Waals surface area contributed by atoms with Crippen molar-refractivity contribution >= 4 is 5.78 Å². The molecule has 4 aliphatic carbocycles. The van der Waals surface area contributed by atoms with Gasteiger partial charge in [-0.3, -0.25) is 4.79 Å². The monoisotopic (exact) mass is 429 g/mol. The number of rotatable bonds is 2. The molecule has 11 atom stereocenters. The summed E-state index contributed by atoms with van der Waals surface area (Å²) in [5.41, 5.74) is 3.31. The highest BCUT2D eigenvalue weighted by molar-refractivity contribution is 5.83. The largest absolute Gasteiger partial charge is 0.393 e. The lowest BCUT2D eigenvalue weighted by Crippen LogP contribution is -2.53. The zero-order valence-corrected chi connectivity index (χ0v) is 19.9. The van der Waals surface area contributed by atoms with Gasteiger partial charge in [0, 0.05) is 18.4 Å². The number of fused-ring (bicyclic) bond motifs is 5. The van der Waals surface area contributed by atoms with Gasteiger partial charge in [-0.2, -0.15) is 0 Å². The number of aliphatic hydroxyl groups excluding tert-OH is 2. The van der Waals surface area contributed by atoms with Crippen molar-refractivity contribution in [2.24, 2.45) is 46.8 Å². The van der Waals surface area contributed by atoms with E-state index in [1.165, 1.54) is 19.3 Å². The maximum atomic E-state index is 13.2. The highest BCUT2D eigenvalue weighted by Gasteiger charge is 2.59. The van der Waals surface area contributed by atoms with Gasteiger partial charge in [0.1, 0.15) is 5.78 Å². The van der Waals surface area contributed by atoms with Gasteiger partial charge in [-0.05, 0) is 99.3 Å². The minimum absolute atomic E-state index is 0.0665. The van der Waals surface area contributed by atoms with Gasteiger partial charge >= 0.3 is 0 Å². The number of carbonyl (C=O) groups excluding carboxylic acids is 1. The average Bonchev–Trinajstić information content (AvgIpc) is 3.10. The first-order chi connectivity index (χ1) is 14.7. The van der Waals surface area contributed by atoms with Crippen molar-refractivity contribution in [3.05, 3.63) is 11.1 Å². The summed E-state index contributed by atoms with van der Waals surface area (Å²) < 4.78 is 0. The first-order valence-corrected chi connectivity index (χ1v) is 13.0. The third kappa shape index (κ3) is 3.47. The molecule has 11 unspecified atom stereocenters. The van der Waals surface area contributed by atoms with E-state index in [0.29, 0.717) is 47.7 Å². The van der Waals surface area contributed by atoms with Gasteiger partial charge in [0.2, 0.25) is 0 Å². The Balaban J connectivity index is 1.40. The number of hydrogen-bond acceptors (Lipinski definition) is 4. The van der Waals surface area contributed by atoms with Gasteiger partial charge in [0.15, 0.2) is 0 Å². The summed E-state index contributed by atoms with van der Waals surface area (Å²) in [6.07, 6.45) is 7.22. The second-order valence-electron chi connectivity index (χ2n) is 12.3. The van der Waals surface area contributed by atoms with E-state index >= 15 is 0 Å². The number of hydrogen-bond donors (Lipinski definition) is 3.